The zero-order chi connectivity index (χ0) is 17.6. The van der Waals surface area contributed by atoms with Crippen LogP contribution in [0.2, 0.25) is 0 Å². The lowest BCUT2D eigenvalue weighted by molar-refractivity contribution is 0.493. The fourth-order valence-electron chi connectivity index (χ4n) is 2.22. The summed E-state index contributed by atoms with van der Waals surface area (Å²) in [4.78, 5) is 0. The molecule has 1 aromatic carbocycles. The first-order chi connectivity index (χ1) is 12.1. The fraction of sp³-hybridized carbons (Fsp3) is 0.312. The number of benzene rings is 1. The number of hydrogen-bond donors (Lipinski definition) is 1. The van der Waals surface area contributed by atoms with E-state index in [1.54, 1.807) is 16.4 Å². The van der Waals surface area contributed by atoms with Crippen LogP contribution in [0, 0.1) is 0 Å². The Morgan fingerprint density at radius 1 is 1.24 bits per heavy atom. The van der Waals surface area contributed by atoms with Crippen molar-refractivity contribution in [2.45, 2.75) is 18.1 Å². The largest absolute Gasteiger partial charge is 0.460 e. The predicted molar refractivity (Wildman–Crippen MR) is 105 cm³/mol. The van der Waals surface area contributed by atoms with Gasteiger partial charge in [0.15, 0.2) is 0 Å². The molecule has 0 atom stereocenters. The molecule has 0 bridgehead atoms. The van der Waals surface area contributed by atoms with Gasteiger partial charge in [-0.2, -0.15) is 0 Å². The molecule has 0 aliphatic carbocycles. The SMILES string of the molecule is Cn1nnnc1SCCCNCc1ccc(-c2ccc(Br)cc2Br)o1. The molecule has 25 heavy (non-hydrogen) atoms. The molecular weight excluding hydrogens is 470 g/mol. The topological polar surface area (TPSA) is 68.8 Å². The van der Waals surface area contributed by atoms with Crippen LogP contribution in [-0.4, -0.2) is 32.5 Å². The second kappa shape index (κ2) is 8.98. The number of nitrogens with zero attached hydrogens (tertiary/aromatic N) is 4. The van der Waals surface area contributed by atoms with Crippen molar-refractivity contribution in [3.63, 3.8) is 0 Å². The first-order valence-corrected chi connectivity index (χ1v) is 10.3. The standard InChI is InChI=1S/C16H17Br2N5OS/c1-23-16(20-21-22-23)25-8-2-7-19-10-12-4-6-15(24-12)13-5-3-11(17)9-14(13)18/h3-6,9,19H,2,7-8,10H2,1H3. The van der Waals surface area contributed by atoms with Crippen LogP contribution in [0.4, 0.5) is 0 Å². The number of halogens is 2. The van der Waals surface area contributed by atoms with Gasteiger partial charge in [0.1, 0.15) is 11.5 Å². The average molecular weight is 487 g/mol. The number of thioether (sulfide) groups is 1. The smallest absolute Gasteiger partial charge is 0.209 e. The van der Waals surface area contributed by atoms with Gasteiger partial charge in [-0.05, 0) is 69.7 Å². The summed E-state index contributed by atoms with van der Waals surface area (Å²) in [5, 5.41) is 15.6. The molecule has 3 aromatic rings. The highest BCUT2D eigenvalue weighted by Gasteiger charge is 2.09. The van der Waals surface area contributed by atoms with Crippen LogP contribution in [0.25, 0.3) is 11.3 Å². The number of rotatable bonds is 8. The third-order valence-corrected chi connectivity index (χ3v) is 5.71. The van der Waals surface area contributed by atoms with Gasteiger partial charge < -0.3 is 9.73 Å². The van der Waals surface area contributed by atoms with Crippen LogP contribution < -0.4 is 5.32 Å². The van der Waals surface area contributed by atoms with Crippen molar-refractivity contribution in [2.75, 3.05) is 12.3 Å². The molecule has 6 nitrogen and oxygen atoms in total. The van der Waals surface area contributed by atoms with Gasteiger partial charge in [0.2, 0.25) is 5.16 Å². The second-order valence-corrected chi connectivity index (χ2v) is 8.19. The molecule has 0 radical (unpaired) electrons. The van der Waals surface area contributed by atoms with E-state index >= 15 is 0 Å². The Bertz CT molecular complexity index is 836. The van der Waals surface area contributed by atoms with Crippen molar-refractivity contribution < 1.29 is 4.42 Å². The van der Waals surface area contributed by atoms with E-state index in [0.717, 1.165) is 49.9 Å². The Balaban J connectivity index is 1.42. The van der Waals surface area contributed by atoms with Crippen molar-refractivity contribution in [1.29, 1.82) is 0 Å². The molecule has 0 amide bonds. The first kappa shape index (κ1) is 18.6. The van der Waals surface area contributed by atoms with E-state index in [9.17, 15) is 0 Å². The van der Waals surface area contributed by atoms with Crippen LogP contribution in [-0.2, 0) is 13.6 Å². The number of aryl methyl sites for hydroxylation is 1. The minimum atomic E-state index is 0.713. The Morgan fingerprint density at radius 3 is 2.88 bits per heavy atom. The molecule has 0 aliphatic heterocycles. The number of aromatic nitrogens is 4. The third-order valence-electron chi connectivity index (χ3n) is 3.47. The molecule has 0 unspecified atom stereocenters. The first-order valence-electron chi connectivity index (χ1n) is 7.73. The van der Waals surface area contributed by atoms with Gasteiger partial charge in [0, 0.05) is 27.3 Å². The lowest BCUT2D eigenvalue weighted by atomic mass is 10.2. The number of hydrogen-bond acceptors (Lipinski definition) is 6. The maximum atomic E-state index is 5.93. The predicted octanol–water partition coefficient (Wildman–Crippen LogP) is 4.27. The molecular formula is C16H17Br2N5OS. The number of nitrogens with one attached hydrogen (secondary N) is 1. The summed E-state index contributed by atoms with van der Waals surface area (Å²) in [6, 6.07) is 10.1. The zero-order valence-corrected chi connectivity index (χ0v) is 17.6. The lowest BCUT2D eigenvalue weighted by Crippen LogP contribution is -2.14. The van der Waals surface area contributed by atoms with Crippen LogP contribution in [0.15, 0.2) is 48.9 Å². The highest BCUT2D eigenvalue weighted by Crippen LogP contribution is 2.31. The minimum absolute atomic E-state index is 0.713. The van der Waals surface area contributed by atoms with Gasteiger partial charge in [0.25, 0.3) is 0 Å². The zero-order valence-electron chi connectivity index (χ0n) is 13.6. The van der Waals surface area contributed by atoms with Crippen molar-refractivity contribution in [1.82, 2.24) is 25.5 Å². The van der Waals surface area contributed by atoms with Gasteiger partial charge in [-0.3, -0.25) is 0 Å². The highest BCUT2D eigenvalue weighted by atomic mass is 79.9. The third kappa shape index (κ3) is 5.16. The van der Waals surface area contributed by atoms with Gasteiger partial charge in [-0.15, -0.1) is 5.10 Å². The summed E-state index contributed by atoms with van der Waals surface area (Å²) in [5.74, 6) is 2.76. The summed E-state index contributed by atoms with van der Waals surface area (Å²) < 4.78 is 9.65. The van der Waals surface area contributed by atoms with Crippen LogP contribution in [0.5, 0.6) is 0 Å². The summed E-state index contributed by atoms with van der Waals surface area (Å²) in [6.45, 7) is 1.63. The molecule has 1 N–H and O–H groups in total. The maximum absolute atomic E-state index is 5.93. The molecule has 3 rings (SSSR count). The Kier molecular flexibility index (Phi) is 6.69. The maximum Gasteiger partial charge on any atom is 0.209 e. The van der Waals surface area contributed by atoms with Crippen molar-refractivity contribution in [2.24, 2.45) is 7.05 Å². The summed E-state index contributed by atoms with van der Waals surface area (Å²) in [6.07, 6.45) is 1.03. The van der Waals surface area contributed by atoms with Crippen molar-refractivity contribution in [3.8, 4) is 11.3 Å². The normalized spacial score (nSPS) is 11.2. The summed E-state index contributed by atoms with van der Waals surface area (Å²) in [7, 11) is 1.85. The molecule has 2 heterocycles. The lowest BCUT2D eigenvalue weighted by Gasteiger charge is -2.04. The van der Waals surface area contributed by atoms with Crippen molar-refractivity contribution >= 4 is 43.6 Å². The molecule has 0 saturated carbocycles. The molecule has 0 spiro atoms. The van der Waals surface area contributed by atoms with Crippen molar-refractivity contribution in [3.05, 3.63) is 45.0 Å². The Hall–Kier alpha value is -1.16. The van der Waals surface area contributed by atoms with E-state index in [4.69, 9.17) is 4.42 Å². The molecule has 132 valence electrons. The fourth-order valence-corrected chi connectivity index (χ4v) is 4.25. The van der Waals surface area contributed by atoms with Gasteiger partial charge >= 0.3 is 0 Å². The van der Waals surface area contributed by atoms with E-state index in [1.807, 2.05) is 37.4 Å². The number of tetrazole rings is 1. The molecule has 0 fully saturated rings. The van der Waals surface area contributed by atoms with Gasteiger partial charge in [-0.25, -0.2) is 4.68 Å². The van der Waals surface area contributed by atoms with Crippen LogP contribution >= 0.6 is 43.6 Å². The Labute approximate surface area is 167 Å². The molecule has 0 aliphatic rings. The van der Waals surface area contributed by atoms with E-state index in [0.29, 0.717) is 6.54 Å². The minimum Gasteiger partial charge on any atom is -0.460 e. The van der Waals surface area contributed by atoms with Gasteiger partial charge in [-0.1, -0.05) is 27.7 Å². The quantitative estimate of drug-likeness (QED) is 0.378. The summed E-state index contributed by atoms with van der Waals surface area (Å²) >= 11 is 8.69. The molecule has 0 saturated heterocycles. The monoisotopic (exact) mass is 485 g/mol. The van der Waals surface area contributed by atoms with E-state index in [-0.39, 0.29) is 0 Å². The van der Waals surface area contributed by atoms with E-state index < -0.39 is 0 Å². The highest BCUT2D eigenvalue weighted by molar-refractivity contribution is 9.11. The molecule has 9 heteroatoms. The number of furan rings is 1. The second-order valence-electron chi connectivity index (χ2n) is 5.35. The Morgan fingerprint density at radius 2 is 2.12 bits per heavy atom. The average Bonchev–Trinajstić information content (AvgIpc) is 3.20. The van der Waals surface area contributed by atoms with E-state index in [2.05, 4.69) is 52.7 Å². The van der Waals surface area contributed by atoms with E-state index in [1.165, 1.54) is 0 Å². The molecule has 2 aromatic heterocycles. The van der Waals surface area contributed by atoms with Crippen LogP contribution in [0.1, 0.15) is 12.2 Å². The summed E-state index contributed by atoms with van der Waals surface area (Å²) in [5.41, 5.74) is 1.04. The van der Waals surface area contributed by atoms with Gasteiger partial charge in [0.05, 0.1) is 6.54 Å². The van der Waals surface area contributed by atoms with Crippen LogP contribution in [0.3, 0.4) is 0 Å².